The van der Waals surface area contributed by atoms with Crippen molar-refractivity contribution in [2.24, 2.45) is 0 Å². The highest BCUT2D eigenvalue weighted by molar-refractivity contribution is 7.22. The van der Waals surface area contributed by atoms with Gasteiger partial charge in [-0.05, 0) is 55.3 Å². The van der Waals surface area contributed by atoms with E-state index in [0.29, 0.717) is 6.04 Å². The summed E-state index contributed by atoms with van der Waals surface area (Å²) in [6.45, 7) is 8.50. The number of aryl methyl sites for hydroxylation is 1. The van der Waals surface area contributed by atoms with Crippen LogP contribution in [0, 0.1) is 6.92 Å². The molecule has 3 aromatic rings. The second kappa shape index (κ2) is 8.88. The Labute approximate surface area is 180 Å². The standard InChI is InChI=1S/C22H26ClN3O2S/c1-15-8-17(10-19(9-15)28-14-27-3)13-25-6-7-26(12-16(25)2)22-24-20-5-4-18(23)11-21(20)29-22/h4-5,8-11,16H,6-7,12-14H2,1-3H3/t16-/m1/s1. The van der Waals surface area contributed by atoms with Crippen molar-refractivity contribution in [3.05, 3.63) is 52.5 Å². The van der Waals surface area contributed by atoms with Gasteiger partial charge in [-0.3, -0.25) is 4.90 Å². The predicted molar refractivity (Wildman–Crippen MR) is 120 cm³/mol. The maximum absolute atomic E-state index is 6.13. The highest BCUT2D eigenvalue weighted by Gasteiger charge is 2.25. The molecule has 1 aliphatic heterocycles. The Bertz CT molecular complexity index is 993. The monoisotopic (exact) mass is 431 g/mol. The van der Waals surface area contributed by atoms with Crippen LogP contribution >= 0.6 is 22.9 Å². The Morgan fingerprint density at radius 3 is 2.86 bits per heavy atom. The van der Waals surface area contributed by atoms with Gasteiger partial charge in [-0.25, -0.2) is 4.98 Å². The van der Waals surface area contributed by atoms with Crippen molar-refractivity contribution >= 4 is 38.3 Å². The molecule has 1 fully saturated rings. The van der Waals surface area contributed by atoms with Crippen LogP contribution in [0.25, 0.3) is 10.2 Å². The number of nitrogens with zero attached hydrogens (tertiary/aromatic N) is 3. The first-order chi connectivity index (χ1) is 14.0. The molecule has 0 saturated carbocycles. The van der Waals surface area contributed by atoms with Gasteiger partial charge in [0.05, 0.1) is 10.2 Å². The SMILES string of the molecule is COCOc1cc(C)cc(CN2CCN(c3nc4ccc(Cl)cc4s3)C[C@H]2C)c1. The molecule has 0 unspecified atom stereocenters. The molecule has 0 aliphatic carbocycles. The van der Waals surface area contributed by atoms with Crippen LogP contribution in [0.15, 0.2) is 36.4 Å². The molecule has 0 radical (unpaired) electrons. The third kappa shape index (κ3) is 4.83. The Morgan fingerprint density at radius 1 is 1.21 bits per heavy atom. The zero-order valence-corrected chi connectivity index (χ0v) is 18.6. The molecular weight excluding hydrogens is 406 g/mol. The normalized spacial score (nSPS) is 17.8. The van der Waals surface area contributed by atoms with Gasteiger partial charge in [-0.15, -0.1) is 0 Å². The first kappa shape index (κ1) is 20.4. The molecule has 7 heteroatoms. The van der Waals surface area contributed by atoms with Crippen molar-refractivity contribution in [2.75, 3.05) is 38.4 Å². The number of hydrogen-bond donors (Lipinski definition) is 0. The van der Waals surface area contributed by atoms with Gasteiger partial charge in [0.2, 0.25) is 0 Å². The molecule has 0 N–H and O–H groups in total. The van der Waals surface area contributed by atoms with Gasteiger partial charge in [-0.2, -0.15) is 0 Å². The first-order valence-electron chi connectivity index (χ1n) is 9.79. The van der Waals surface area contributed by atoms with E-state index in [2.05, 4.69) is 35.8 Å². The molecule has 154 valence electrons. The number of fused-ring (bicyclic) bond motifs is 1. The molecule has 1 atom stereocenters. The third-order valence-corrected chi connectivity index (χ3v) is 6.53. The van der Waals surface area contributed by atoms with Crippen molar-refractivity contribution in [3.8, 4) is 5.75 Å². The molecule has 0 spiro atoms. The lowest BCUT2D eigenvalue weighted by atomic mass is 10.1. The summed E-state index contributed by atoms with van der Waals surface area (Å²) in [5, 5.41) is 1.84. The molecule has 5 nitrogen and oxygen atoms in total. The van der Waals surface area contributed by atoms with Gasteiger partial charge in [0, 0.05) is 44.4 Å². The molecule has 1 aliphatic rings. The number of anilines is 1. The molecule has 1 saturated heterocycles. The van der Waals surface area contributed by atoms with E-state index in [4.69, 9.17) is 26.1 Å². The second-order valence-corrected chi connectivity index (χ2v) is 9.02. The molecule has 29 heavy (non-hydrogen) atoms. The van der Waals surface area contributed by atoms with Gasteiger partial charge < -0.3 is 14.4 Å². The summed E-state index contributed by atoms with van der Waals surface area (Å²) < 4.78 is 11.8. The van der Waals surface area contributed by atoms with Crippen LogP contribution in [0.2, 0.25) is 5.02 Å². The average Bonchev–Trinajstić information content (AvgIpc) is 3.10. The summed E-state index contributed by atoms with van der Waals surface area (Å²) in [4.78, 5) is 9.73. The van der Waals surface area contributed by atoms with E-state index in [1.54, 1.807) is 18.4 Å². The highest BCUT2D eigenvalue weighted by atomic mass is 35.5. The second-order valence-electron chi connectivity index (χ2n) is 7.58. The number of hydrogen-bond acceptors (Lipinski definition) is 6. The quantitative estimate of drug-likeness (QED) is 0.516. The summed E-state index contributed by atoms with van der Waals surface area (Å²) in [7, 11) is 1.64. The van der Waals surface area contributed by atoms with Crippen molar-refractivity contribution in [3.63, 3.8) is 0 Å². The van der Waals surface area contributed by atoms with Crippen LogP contribution in [0.3, 0.4) is 0 Å². The van der Waals surface area contributed by atoms with Crippen LogP contribution in [-0.4, -0.2) is 49.5 Å². The Kier molecular flexibility index (Phi) is 6.25. The summed E-state index contributed by atoms with van der Waals surface area (Å²) in [6, 6.07) is 12.7. The first-order valence-corrected chi connectivity index (χ1v) is 11.0. The molecule has 2 aromatic carbocycles. The number of methoxy groups -OCH3 is 1. The highest BCUT2D eigenvalue weighted by Crippen LogP contribution is 2.32. The third-order valence-electron chi connectivity index (χ3n) is 5.21. The molecule has 1 aromatic heterocycles. The van der Waals surface area contributed by atoms with Gasteiger partial charge in [-0.1, -0.05) is 29.0 Å². The summed E-state index contributed by atoms with van der Waals surface area (Å²) in [5.74, 6) is 0.862. The largest absolute Gasteiger partial charge is 0.468 e. The molecule has 2 heterocycles. The van der Waals surface area contributed by atoms with E-state index >= 15 is 0 Å². The number of piperazine rings is 1. The fourth-order valence-corrected chi connectivity index (χ4v) is 5.06. The zero-order valence-electron chi connectivity index (χ0n) is 17.0. The summed E-state index contributed by atoms with van der Waals surface area (Å²) in [6.07, 6.45) is 0. The van der Waals surface area contributed by atoms with E-state index in [-0.39, 0.29) is 6.79 Å². The maximum Gasteiger partial charge on any atom is 0.188 e. The number of halogens is 1. The number of benzene rings is 2. The minimum Gasteiger partial charge on any atom is -0.468 e. The lowest BCUT2D eigenvalue weighted by Crippen LogP contribution is -2.51. The van der Waals surface area contributed by atoms with Crippen LogP contribution in [0.1, 0.15) is 18.1 Å². The van der Waals surface area contributed by atoms with Crippen molar-refractivity contribution in [1.29, 1.82) is 0 Å². The lowest BCUT2D eigenvalue weighted by Gasteiger charge is -2.39. The van der Waals surface area contributed by atoms with Gasteiger partial charge in [0.15, 0.2) is 11.9 Å². The smallest absolute Gasteiger partial charge is 0.188 e. The van der Waals surface area contributed by atoms with Crippen molar-refractivity contribution < 1.29 is 9.47 Å². The summed E-state index contributed by atoms with van der Waals surface area (Å²) >= 11 is 7.85. The van der Waals surface area contributed by atoms with Crippen LogP contribution in [0.4, 0.5) is 5.13 Å². The van der Waals surface area contributed by atoms with Crippen molar-refractivity contribution in [2.45, 2.75) is 26.4 Å². The van der Waals surface area contributed by atoms with Crippen molar-refractivity contribution in [1.82, 2.24) is 9.88 Å². The topological polar surface area (TPSA) is 37.8 Å². The lowest BCUT2D eigenvalue weighted by molar-refractivity contribution is 0.0509. The van der Waals surface area contributed by atoms with Crippen LogP contribution in [-0.2, 0) is 11.3 Å². The Morgan fingerprint density at radius 2 is 2.07 bits per heavy atom. The van der Waals surface area contributed by atoms with E-state index in [9.17, 15) is 0 Å². The van der Waals surface area contributed by atoms with E-state index in [1.165, 1.54) is 11.1 Å². The number of ether oxygens (including phenoxy) is 2. The predicted octanol–water partition coefficient (Wildman–Crippen LogP) is 4.95. The minimum absolute atomic E-state index is 0.269. The summed E-state index contributed by atoms with van der Waals surface area (Å²) in [5.41, 5.74) is 3.49. The number of aromatic nitrogens is 1. The van der Waals surface area contributed by atoms with E-state index in [1.807, 2.05) is 24.3 Å². The Hall–Kier alpha value is -1.86. The van der Waals surface area contributed by atoms with E-state index < -0.39 is 0 Å². The molecular formula is C22H26ClN3O2S. The zero-order chi connectivity index (χ0) is 20.4. The number of rotatable bonds is 6. The van der Waals surface area contributed by atoms with Crippen LogP contribution in [0.5, 0.6) is 5.75 Å². The minimum atomic E-state index is 0.269. The fraction of sp³-hybridized carbons (Fsp3) is 0.409. The maximum atomic E-state index is 6.13. The average molecular weight is 432 g/mol. The van der Waals surface area contributed by atoms with Crippen LogP contribution < -0.4 is 9.64 Å². The van der Waals surface area contributed by atoms with Gasteiger partial charge in [0.25, 0.3) is 0 Å². The molecule has 0 amide bonds. The molecule has 0 bridgehead atoms. The fourth-order valence-electron chi connectivity index (χ4n) is 3.79. The Balaban J connectivity index is 1.43. The van der Waals surface area contributed by atoms with E-state index in [0.717, 1.165) is 52.3 Å². The van der Waals surface area contributed by atoms with Gasteiger partial charge in [0.1, 0.15) is 5.75 Å². The number of thiazole rings is 1. The van der Waals surface area contributed by atoms with Gasteiger partial charge >= 0.3 is 0 Å². The molecule has 4 rings (SSSR count).